The molecular formula is C22H27O2P. The number of hydrogen-bond donors (Lipinski definition) is 1. The Morgan fingerprint density at radius 1 is 0.920 bits per heavy atom. The third kappa shape index (κ3) is 3.66. The lowest BCUT2D eigenvalue weighted by molar-refractivity contribution is 0.0897. The topological polar surface area (TPSA) is 37.3 Å². The summed E-state index contributed by atoms with van der Waals surface area (Å²) in [4.78, 5) is 0. The molecule has 3 heteroatoms. The van der Waals surface area contributed by atoms with Gasteiger partial charge in [-0.3, -0.25) is 0 Å². The smallest absolute Gasteiger partial charge is 0.152 e. The summed E-state index contributed by atoms with van der Waals surface area (Å²) in [5.41, 5.74) is -0.458. The van der Waals surface area contributed by atoms with Gasteiger partial charge in [0.2, 0.25) is 0 Å². The molecule has 3 rings (SSSR count). The van der Waals surface area contributed by atoms with Crippen LogP contribution in [0.2, 0.25) is 0 Å². The lowest BCUT2D eigenvalue weighted by Gasteiger charge is -2.35. The first-order valence-electron chi connectivity index (χ1n) is 9.19. The summed E-state index contributed by atoms with van der Waals surface area (Å²) in [5, 5.41) is 12.7. The lowest BCUT2D eigenvalue weighted by Crippen LogP contribution is -2.38. The average Bonchev–Trinajstić information content (AvgIpc) is 2.70. The summed E-state index contributed by atoms with van der Waals surface area (Å²) in [6.07, 6.45) is 6.64. The van der Waals surface area contributed by atoms with Gasteiger partial charge >= 0.3 is 0 Å². The normalized spacial score (nSPS) is 18.4. The molecule has 2 atom stereocenters. The maximum atomic E-state index is 14.4. The van der Waals surface area contributed by atoms with Gasteiger partial charge in [0.25, 0.3) is 0 Å². The van der Waals surface area contributed by atoms with E-state index in [1.54, 1.807) is 6.08 Å². The molecule has 1 aliphatic rings. The van der Waals surface area contributed by atoms with Gasteiger partial charge in [-0.05, 0) is 18.8 Å². The Morgan fingerprint density at radius 3 is 1.84 bits per heavy atom. The van der Waals surface area contributed by atoms with Crippen molar-refractivity contribution in [2.75, 3.05) is 0 Å². The van der Waals surface area contributed by atoms with Gasteiger partial charge in [0.1, 0.15) is 0 Å². The first-order valence-corrected chi connectivity index (χ1v) is 11.0. The highest BCUT2D eigenvalue weighted by molar-refractivity contribution is 7.79. The highest BCUT2D eigenvalue weighted by atomic mass is 31.2. The van der Waals surface area contributed by atoms with Crippen molar-refractivity contribution in [2.45, 2.75) is 43.9 Å². The predicted octanol–water partition coefficient (Wildman–Crippen LogP) is 4.50. The molecule has 1 fully saturated rings. The second-order valence-electron chi connectivity index (χ2n) is 6.94. The molecule has 0 radical (unpaired) electrons. The maximum Gasteiger partial charge on any atom is 0.152 e. The van der Waals surface area contributed by atoms with Gasteiger partial charge in [0, 0.05) is 10.6 Å². The quantitative estimate of drug-likeness (QED) is 0.613. The zero-order chi connectivity index (χ0) is 17.7. The van der Waals surface area contributed by atoms with Crippen LogP contribution in [0.15, 0.2) is 73.3 Å². The molecule has 0 heterocycles. The minimum Gasteiger partial charge on any atom is -0.392 e. The van der Waals surface area contributed by atoms with Gasteiger partial charge in [-0.1, -0.05) is 86.0 Å². The minimum absolute atomic E-state index is 0.206. The van der Waals surface area contributed by atoms with E-state index in [4.69, 9.17) is 0 Å². The van der Waals surface area contributed by atoms with E-state index in [9.17, 15) is 9.67 Å². The minimum atomic E-state index is -3.03. The third-order valence-electron chi connectivity index (χ3n) is 5.42. The Morgan fingerprint density at radius 2 is 1.40 bits per heavy atom. The molecule has 25 heavy (non-hydrogen) atoms. The number of aliphatic hydroxyl groups is 1. The highest BCUT2D eigenvalue weighted by Crippen LogP contribution is 2.52. The molecule has 1 saturated carbocycles. The van der Waals surface area contributed by atoms with Crippen molar-refractivity contribution in [3.63, 3.8) is 0 Å². The average molecular weight is 354 g/mol. The van der Waals surface area contributed by atoms with Crippen LogP contribution < -0.4 is 10.6 Å². The molecule has 132 valence electrons. The second kappa shape index (κ2) is 8.17. The van der Waals surface area contributed by atoms with Gasteiger partial charge in [-0.25, -0.2) is 0 Å². The van der Waals surface area contributed by atoms with E-state index in [1.165, 1.54) is 6.42 Å². The monoisotopic (exact) mass is 354 g/mol. The van der Waals surface area contributed by atoms with E-state index in [0.29, 0.717) is 0 Å². The van der Waals surface area contributed by atoms with Gasteiger partial charge < -0.3 is 9.67 Å². The van der Waals surface area contributed by atoms with Crippen LogP contribution in [-0.4, -0.2) is 16.9 Å². The molecular weight excluding hydrogens is 327 g/mol. The molecule has 2 nitrogen and oxygen atoms in total. The molecule has 0 bridgehead atoms. The molecule has 1 N–H and O–H groups in total. The SMILES string of the molecule is C=CC([C@@H](O)C1CCCCC1)P(=O)(c1ccccc1)c1ccccc1. The van der Waals surface area contributed by atoms with E-state index < -0.39 is 18.9 Å². The Bertz CT molecular complexity index is 677. The van der Waals surface area contributed by atoms with Crippen LogP contribution in [0.25, 0.3) is 0 Å². The summed E-state index contributed by atoms with van der Waals surface area (Å²) in [6.45, 7) is 3.96. The standard InChI is InChI=1S/C22H27O2P/c1-2-21(22(23)18-12-6-3-7-13-18)25(24,19-14-8-4-9-15-19)20-16-10-5-11-17-20/h2,4-5,8-11,14-18,21-23H,1,3,6-7,12-13H2/t21?,22-/m0/s1. The largest absolute Gasteiger partial charge is 0.392 e. The van der Waals surface area contributed by atoms with Crippen LogP contribution in [-0.2, 0) is 4.57 Å². The van der Waals surface area contributed by atoms with E-state index in [0.717, 1.165) is 36.3 Å². The first-order chi connectivity index (χ1) is 12.2. The number of hydrogen-bond acceptors (Lipinski definition) is 2. The zero-order valence-corrected chi connectivity index (χ0v) is 15.5. The van der Waals surface area contributed by atoms with Gasteiger partial charge in [0.05, 0.1) is 11.8 Å². The van der Waals surface area contributed by atoms with Crippen LogP contribution in [0, 0.1) is 5.92 Å². The fraction of sp³-hybridized carbons (Fsp3) is 0.364. The van der Waals surface area contributed by atoms with Crippen molar-refractivity contribution in [3.8, 4) is 0 Å². The molecule has 1 aliphatic carbocycles. The Balaban J connectivity index is 2.06. The zero-order valence-electron chi connectivity index (χ0n) is 14.6. The number of benzene rings is 2. The van der Waals surface area contributed by atoms with Crippen LogP contribution in [0.1, 0.15) is 32.1 Å². The van der Waals surface area contributed by atoms with Crippen molar-refractivity contribution >= 4 is 17.8 Å². The van der Waals surface area contributed by atoms with Crippen molar-refractivity contribution in [1.82, 2.24) is 0 Å². The summed E-state index contributed by atoms with van der Waals surface area (Å²) < 4.78 is 14.4. The van der Waals surface area contributed by atoms with E-state index >= 15 is 0 Å². The highest BCUT2D eigenvalue weighted by Gasteiger charge is 2.41. The molecule has 2 aromatic carbocycles. The Kier molecular flexibility index (Phi) is 5.93. The fourth-order valence-corrected chi connectivity index (χ4v) is 7.24. The van der Waals surface area contributed by atoms with Crippen LogP contribution in [0.4, 0.5) is 0 Å². The summed E-state index contributed by atoms with van der Waals surface area (Å²) in [5.74, 6) is 0.206. The molecule has 0 saturated heterocycles. The summed E-state index contributed by atoms with van der Waals surface area (Å²) >= 11 is 0. The van der Waals surface area contributed by atoms with Crippen molar-refractivity contribution < 1.29 is 9.67 Å². The third-order valence-corrected chi connectivity index (χ3v) is 8.91. The maximum absolute atomic E-state index is 14.4. The Labute approximate surface area is 151 Å². The van der Waals surface area contributed by atoms with Crippen molar-refractivity contribution in [3.05, 3.63) is 73.3 Å². The fourth-order valence-electron chi connectivity index (χ4n) is 4.05. The molecule has 0 aliphatic heterocycles. The van der Waals surface area contributed by atoms with Crippen molar-refractivity contribution in [1.29, 1.82) is 0 Å². The van der Waals surface area contributed by atoms with Gasteiger partial charge in [-0.2, -0.15) is 0 Å². The van der Waals surface area contributed by atoms with Crippen LogP contribution in [0.3, 0.4) is 0 Å². The molecule has 0 spiro atoms. The van der Waals surface area contributed by atoms with Gasteiger partial charge in [0.15, 0.2) is 7.14 Å². The summed E-state index contributed by atoms with van der Waals surface area (Å²) in [7, 11) is -3.03. The summed E-state index contributed by atoms with van der Waals surface area (Å²) in [6, 6.07) is 19.2. The molecule has 2 aromatic rings. The van der Waals surface area contributed by atoms with Crippen LogP contribution >= 0.6 is 7.14 Å². The van der Waals surface area contributed by atoms with Gasteiger partial charge in [-0.15, -0.1) is 6.58 Å². The molecule has 0 aromatic heterocycles. The second-order valence-corrected chi connectivity index (χ2v) is 9.89. The number of aliphatic hydroxyl groups excluding tert-OH is 1. The first kappa shape index (κ1) is 18.2. The van der Waals surface area contributed by atoms with E-state index in [2.05, 4.69) is 6.58 Å². The Hall–Kier alpha value is -1.63. The number of rotatable bonds is 6. The van der Waals surface area contributed by atoms with Crippen molar-refractivity contribution in [2.24, 2.45) is 5.92 Å². The molecule has 0 amide bonds. The van der Waals surface area contributed by atoms with Crippen LogP contribution in [0.5, 0.6) is 0 Å². The van der Waals surface area contributed by atoms with E-state index in [-0.39, 0.29) is 5.92 Å². The predicted molar refractivity (Wildman–Crippen MR) is 106 cm³/mol. The molecule has 1 unspecified atom stereocenters. The lowest BCUT2D eigenvalue weighted by atomic mass is 9.84. The van der Waals surface area contributed by atoms with E-state index in [1.807, 2.05) is 60.7 Å².